The van der Waals surface area contributed by atoms with Gasteiger partial charge in [0, 0.05) is 26.5 Å². The highest BCUT2D eigenvalue weighted by Crippen LogP contribution is 2.31. The summed E-state index contributed by atoms with van der Waals surface area (Å²) in [5.74, 6) is 0.345. The predicted molar refractivity (Wildman–Crippen MR) is 127 cm³/mol. The number of nitrogens with zero attached hydrogens (tertiary/aromatic N) is 1. The van der Waals surface area contributed by atoms with Crippen LogP contribution in [-0.4, -0.2) is 17.5 Å². The standard InChI is InChI=1S/C23H19Br2N3O3/c1-13-20-18(27-28-22(29)14-7-2-3-8-15(14)24)11-6-12-19(20)31-21(13)23(30)26-17-10-5-4-9-16(17)25/h2-5,7-10H,6,11-12H2,1H3,(H,26,30)(H,28,29)/b27-18+. The Balaban J connectivity index is 1.59. The van der Waals surface area contributed by atoms with Crippen molar-refractivity contribution >= 4 is 55.1 Å². The Labute approximate surface area is 196 Å². The summed E-state index contributed by atoms with van der Waals surface area (Å²) in [7, 11) is 0. The maximum atomic E-state index is 12.9. The number of fused-ring (bicyclic) bond motifs is 1. The van der Waals surface area contributed by atoms with Gasteiger partial charge in [0.05, 0.1) is 17.0 Å². The lowest BCUT2D eigenvalue weighted by Crippen LogP contribution is -2.22. The molecule has 6 nitrogen and oxygen atoms in total. The van der Waals surface area contributed by atoms with E-state index in [-0.39, 0.29) is 17.6 Å². The minimum atomic E-state index is -0.324. The fourth-order valence-corrected chi connectivity index (χ4v) is 4.41. The van der Waals surface area contributed by atoms with Crippen LogP contribution in [0, 0.1) is 6.92 Å². The first-order valence-electron chi connectivity index (χ1n) is 9.75. The zero-order valence-corrected chi connectivity index (χ0v) is 19.8. The first kappa shape index (κ1) is 21.5. The van der Waals surface area contributed by atoms with E-state index < -0.39 is 0 Å². The summed E-state index contributed by atoms with van der Waals surface area (Å²) in [6.07, 6.45) is 2.24. The average Bonchev–Trinajstić information content (AvgIpc) is 3.11. The maximum absolute atomic E-state index is 12.9. The number of hydrazone groups is 1. The second kappa shape index (κ2) is 9.20. The number of hydrogen-bond acceptors (Lipinski definition) is 4. The summed E-state index contributed by atoms with van der Waals surface area (Å²) in [5, 5.41) is 7.25. The molecule has 2 amide bonds. The lowest BCUT2D eigenvalue weighted by molar-refractivity contribution is 0.0952. The molecule has 3 aromatic rings. The Morgan fingerprint density at radius 2 is 1.68 bits per heavy atom. The number of hydrogen-bond donors (Lipinski definition) is 2. The molecule has 4 rings (SSSR count). The molecule has 31 heavy (non-hydrogen) atoms. The van der Waals surface area contributed by atoms with Crippen molar-refractivity contribution in [1.29, 1.82) is 0 Å². The number of anilines is 1. The molecule has 0 atom stereocenters. The van der Waals surface area contributed by atoms with Gasteiger partial charge in [-0.1, -0.05) is 24.3 Å². The van der Waals surface area contributed by atoms with E-state index in [0.717, 1.165) is 28.6 Å². The topological polar surface area (TPSA) is 83.7 Å². The molecular weight excluding hydrogens is 526 g/mol. The summed E-state index contributed by atoms with van der Waals surface area (Å²) in [4.78, 5) is 25.4. The van der Waals surface area contributed by atoms with Gasteiger partial charge in [-0.3, -0.25) is 9.59 Å². The first-order valence-corrected chi connectivity index (χ1v) is 11.3. The quantitative estimate of drug-likeness (QED) is 0.405. The Kier molecular flexibility index (Phi) is 6.38. The molecule has 8 heteroatoms. The zero-order chi connectivity index (χ0) is 22.0. The molecule has 0 bridgehead atoms. The zero-order valence-electron chi connectivity index (χ0n) is 16.7. The Morgan fingerprint density at radius 3 is 2.42 bits per heavy atom. The molecule has 2 aromatic carbocycles. The largest absolute Gasteiger partial charge is 0.455 e. The number of furan rings is 1. The molecule has 1 heterocycles. The molecule has 0 saturated heterocycles. The molecule has 158 valence electrons. The highest BCUT2D eigenvalue weighted by atomic mass is 79.9. The molecule has 1 aliphatic rings. The molecule has 0 fully saturated rings. The van der Waals surface area contributed by atoms with E-state index in [4.69, 9.17) is 4.42 Å². The highest BCUT2D eigenvalue weighted by Gasteiger charge is 2.28. The number of aryl methyl sites for hydroxylation is 1. The molecule has 0 aliphatic heterocycles. The van der Waals surface area contributed by atoms with E-state index in [0.29, 0.717) is 33.4 Å². The van der Waals surface area contributed by atoms with Crippen LogP contribution in [0.25, 0.3) is 0 Å². The number of para-hydroxylation sites is 1. The molecule has 0 unspecified atom stereocenters. The van der Waals surface area contributed by atoms with Gasteiger partial charge in [-0.05, 0) is 75.9 Å². The summed E-state index contributed by atoms with van der Waals surface area (Å²) < 4.78 is 7.41. The lowest BCUT2D eigenvalue weighted by atomic mass is 9.93. The smallest absolute Gasteiger partial charge is 0.291 e. The van der Waals surface area contributed by atoms with Gasteiger partial charge in [0.2, 0.25) is 0 Å². The van der Waals surface area contributed by atoms with Crippen LogP contribution in [0.3, 0.4) is 0 Å². The second-order valence-corrected chi connectivity index (χ2v) is 8.83. The molecule has 0 radical (unpaired) electrons. The molecule has 0 spiro atoms. The number of rotatable bonds is 4. The van der Waals surface area contributed by atoms with Crippen LogP contribution in [0.15, 0.2) is 67.0 Å². The van der Waals surface area contributed by atoms with Crippen LogP contribution in [0.5, 0.6) is 0 Å². The van der Waals surface area contributed by atoms with Crippen molar-refractivity contribution in [1.82, 2.24) is 5.43 Å². The number of halogens is 2. The van der Waals surface area contributed by atoms with Crippen molar-refractivity contribution in [2.75, 3.05) is 5.32 Å². The molecule has 0 saturated carbocycles. The molecule has 1 aromatic heterocycles. The van der Waals surface area contributed by atoms with E-state index in [1.807, 2.05) is 37.3 Å². The van der Waals surface area contributed by atoms with E-state index in [2.05, 4.69) is 47.7 Å². The van der Waals surface area contributed by atoms with Crippen LogP contribution < -0.4 is 10.7 Å². The summed E-state index contributed by atoms with van der Waals surface area (Å²) in [6.45, 7) is 1.84. The van der Waals surface area contributed by atoms with E-state index in [9.17, 15) is 9.59 Å². The minimum absolute atomic E-state index is 0.257. The Hall–Kier alpha value is -2.71. The summed E-state index contributed by atoms with van der Waals surface area (Å²) in [5.41, 5.74) is 6.03. The first-order chi connectivity index (χ1) is 15.0. The third kappa shape index (κ3) is 4.50. The Morgan fingerprint density at radius 1 is 0.968 bits per heavy atom. The van der Waals surface area contributed by atoms with Crippen molar-refractivity contribution < 1.29 is 14.0 Å². The lowest BCUT2D eigenvalue weighted by Gasteiger charge is -2.13. The van der Waals surface area contributed by atoms with Crippen LogP contribution in [-0.2, 0) is 6.42 Å². The van der Waals surface area contributed by atoms with Gasteiger partial charge in [0.1, 0.15) is 5.76 Å². The van der Waals surface area contributed by atoms with E-state index in [1.165, 1.54) is 0 Å². The third-order valence-corrected chi connectivity index (χ3v) is 6.45. The fraction of sp³-hybridized carbons (Fsp3) is 0.174. The second-order valence-electron chi connectivity index (χ2n) is 7.12. The molecule has 2 N–H and O–H groups in total. The van der Waals surface area contributed by atoms with Gasteiger partial charge in [-0.2, -0.15) is 5.10 Å². The predicted octanol–water partition coefficient (Wildman–Crippen LogP) is 5.84. The number of benzene rings is 2. The SMILES string of the molecule is Cc1c(C(=O)Nc2ccccc2Br)oc2c1/C(=N/NC(=O)c1ccccc1Br)CCC2. The van der Waals surface area contributed by atoms with Crippen LogP contribution in [0.4, 0.5) is 5.69 Å². The fourth-order valence-electron chi connectivity index (χ4n) is 3.56. The van der Waals surface area contributed by atoms with Crippen molar-refractivity contribution in [3.05, 3.63) is 85.7 Å². The van der Waals surface area contributed by atoms with Crippen molar-refractivity contribution in [3.8, 4) is 0 Å². The van der Waals surface area contributed by atoms with Gasteiger partial charge < -0.3 is 9.73 Å². The Bertz CT molecular complexity index is 1200. The van der Waals surface area contributed by atoms with Gasteiger partial charge in [0.15, 0.2) is 5.76 Å². The van der Waals surface area contributed by atoms with Gasteiger partial charge >= 0.3 is 0 Å². The number of nitrogens with one attached hydrogen (secondary N) is 2. The number of carbonyl (C=O) groups is 2. The highest BCUT2D eigenvalue weighted by molar-refractivity contribution is 9.11. The van der Waals surface area contributed by atoms with Crippen molar-refractivity contribution in [3.63, 3.8) is 0 Å². The molecular formula is C23H19Br2N3O3. The summed E-state index contributed by atoms with van der Waals surface area (Å²) >= 11 is 6.81. The van der Waals surface area contributed by atoms with E-state index in [1.54, 1.807) is 18.2 Å². The maximum Gasteiger partial charge on any atom is 0.291 e. The van der Waals surface area contributed by atoms with Gasteiger partial charge in [0.25, 0.3) is 11.8 Å². The van der Waals surface area contributed by atoms with E-state index >= 15 is 0 Å². The van der Waals surface area contributed by atoms with Crippen LogP contribution in [0.2, 0.25) is 0 Å². The normalized spacial score (nSPS) is 14.2. The van der Waals surface area contributed by atoms with Crippen LogP contribution in [0.1, 0.15) is 50.6 Å². The number of carbonyl (C=O) groups excluding carboxylic acids is 2. The van der Waals surface area contributed by atoms with Gasteiger partial charge in [-0.15, -0.1) is 0 Å². The molecule has 1 aliphatic carbocycles. The summed E-state index contributed by atoms with van der Waals surface area (Å²) in [6, 6.07) is 14.5. The van der Waals surface area contributed by atoms with Crippen LogP contribution >= 0.6 is 31.9 Å². The van der Waals surface area contributed by atoms with Crippen molar-refractivity contribution in [2.45, 2.75) is 26.2 Å². The monoisotopic (exact) mass is 543 g/mol. The third-order valence-electron chi connectivity index (χ3n) is 5.06. The van der Waals surface area contributed by atoms with Crippen molar-refractivity contribution in [2.24, 2.45) is 5.10 Å². The average molecular weight is 545 g/mol. The van der Waals surface area contributed by atoms with Gasteiger partial charge in [-0.25, -0.2) is 5.43 Å². The minimum Gasteiger partial charge on any atom is -0.455 e. The number of amides is 2.